The van der Waals surface area contributed by atoms with E-state index in [4.69, 9.17) is 20.3 Å². The van der Waals surface area contributed by atoms with Crippen LogP contribution in [0.15, 0.2) is 41.1 Å². The van der Waals surface area contributed by atoms with E-state index in [0.29, 0.717) is 19.0 Å². The van der Waals surface area contributed by atoms with E-state index in [2.05, 4.69) is 0 Å². The zero-order chi connectivity index (χ0) is 19.0. The Labute approximate surface area is 156 Å². The summed E-state index contributed by atoms with van der Waals surface area (Å²) in [6.07, 6.45) is 0.172. The van der Waals surface area contributed by atoms with Gasteiger partial charge in [0.25, 0.3) is 0 Å². The van der Waals surface area contributed by atoms with Gasteiger partial charge < -0.3 is 20.3 Å². The Morgan fingerprint density at radius 3 is 2.46 bits per heavy atom. The molecule has 3 N–H and O–H groups in total. The number of aliphatic carboxylic acids is 1. The molecule has 0 bridgehead atoms. The van der Waals surface area contributed by atoms with Crippen molar-refractivity contribution in [3.63, 3.8) is 0 Å². The number of nitrogens with two attached hydrogens (primary N) is 1. The zero-order valence-corrected chi connectivity index (χ0v) is 15.5. The maximum Gasteiger partial charge on any atom is 0.310 e. The summed E-state index contributed by atoms with van der Waals surface area (Å²) in [5.74, 6) is -0.858. The highest BCUT2D eigenvalue weighted by Gasteiger charge is 2.33. The number of ether oxygens (including phenoxy) is 2. The van der Waals surface area contributed by atoms with Crippen molar-refractivity contribution < 1.29 is 24.2 Å². The van der Waals surface area contributed by atoms with Crippen molar-refractivity contribution in [2.75, 3.05) is 20.3 Å². The molecule has 1 unspecified atom stereocenters. The zero-order valence-electron chi connectivity index (χ0n) is 14.6. The molecule has 0 amide bonds. The highest BCUT2D eigenvalue weighted by molar-refractivity contribution is 7.08. The van der Waals surface area contributed by atoms with Crippen molar-refractivity contribution in [2.24, 2.45) is 5.73 Å². The molecule has 1 aromatic heterocycles. The smallest absolute Gasteiger partial charge is 0.310 e. The summed E-state index contributed by atoms with van der Waals surface area (Å²) in [6.45, 7) is 1.18. The number of methoxy groups -OCH3 is 1. The van der Waals surface area contributed by atoms with Gasteiger partial charge in [0.1, 0.15) is 18.0 Å². The van der Waals surface area contributed by atoms with E-state index in [0.717, 1.165) is 17.5 Å². The minimum absolute atomic E-state index is 0.0793. The van der Waals surface area contributed by atoms with Crippen molar-refractivity contribution in [1.29, 1.82) is 0 Å². The number of Topliss-reactive ketones (excluding diaryl/α,β-unsaturated/α-hetero) is 1. The van der Waals surface area contributed by atoms with Crippen LogP contribution in [0, 0.1) is 0 Å². The molecule has 7 heteroatoms. The van der Waals surface area contributed by atoms with E-state index in [1.165, 1.54) is 11.3 Å². The van der Waals surface area contributed by atoms with Crippen molar-refractivity contribution in [2.45, 2.75) is 24.8 Å². The van der Waals surface area contributed by atoms with Crippen LogP contribution in [-0.2, 0) is 19.9 Å². The highest BCUT2D eigenvalue weighted by atomic mass is 32.1. The third-order valence-electron chi connectivity index (χ3n) is 3.99. The molecular formula is C19H23NO5S. The van der Waals surface area contributed by atoms with Crippen LogP contribution < -0.4 is 10.5 Å². The number of rotatable bonds is 11. The molecule has 140 valence electrons. The Morgan fingerprint density at radius 1 is 1.15 bits per heavy atom. The van der Waals surface area contributed by atoms with Gasteiger partial charge in [-0.25, -0.2) is 0 Å². The second kappa shape index (κ2) is 9.47. The Kier molecular flexibility index (Phi) is 7.32. The van der Waals surface area contributed by atoms with Crippen molar-refractivity contribution in [3.05, 3.63) is 52.2 Å². The second-order valence-electron chi connectivity index (χ2n) is 5.99. The second-order valence-corrected chi connectivity index (χ2v) is 6.77. The largest absolute Gasteiger partial charge is 0.494 e. The van der Waals surface area contributed by atoms with E-state index in [9.17, 15) is 9.59 Å². The molecule has 2 aromatic rings. The molecule has 0 aliphatic rings. The van der Waals surface area contributed by atoms with Crippen LogP contribution in [-0.4, -0.2) is 37.2 Å². The van der Waals surface area contributed by atoms with Gasteiger partial charge >= 0.3 is 5.97 Å². The lowest BCUT2D eigenvalue weighted by molar-refractivity contribution is -0.140. The Hall–Kier alpha value is -2.22. The normalized spacial score (nSPS) is 13.2. The first-order valence-corrected chi connectivity index (χ1v) is 9.17. The number of hydrogen-bond donors (Lipinski definition) is 2. The maximum atomic E-state index is 12.1. The minimum atomic E-state index is -1.15. The molecule has 2 rings (SSSR count). The van der Waals surface area contributed by atoms with E-state index in [1.54, 1.807) is 19.2 Å². The summed E-state index contributed by atoms with van der Waals surface area (Å²) in [4.78, 5) is 22.9. The maximum absolute atomic E-state index is 12.1. The number of ketones is 1. The summed E-state index contributed by atoms with van der Waals surface area (Å²) >= 11 is 1.48. The van der Waals surface area contributed by atoms with Gasteiger partial charge in [0.15, 0.2) is 0 Å². The van der Waals surface area contributed by atoms with Gasteiger partial charge in [-0.3, -0.25) is 9.59 Å². The number of carboxylic acids is 1. The average molecular weight is 377 g/mol. The lowest BCUT2D eigenvalue weighted by atomic mass is 9.80. The van der Waals surface area contributed by atoms with Crippen molar-refractivity contribution in [1.82, 2.24) is 0 Å². The van der Waals surface area contributed by atoms with Crippen LogP contribution in [0.4, 0.5) is 0 Å². The Morgan fingerprint density at radius 2 is 1.88 bits per heavy atom. The number of carbonyl (C=O) groups excluding carboxylic acids is 1. The summed E-state index contributed by atoms with van der Waals surface area (Å²) in [7, 11) is 1.64. The predicted molar refractivity (Wildman–Crippen MR) is 99.6 cm³/mol. The number of thiophene rings is 1. The molecule has 0 saturated heterocycles. The molecular weight excluding hydrogens is 354 g/mol. The van der Waals surface area contributed by atoms with Crippen LogP contribution in [0.25, 0.3) is 0 Å². The molecule has 26 heavy (non-hydrogen) atoms. The van der Waals surface area contributed by atoms with Gasteiger partial charge in [-0.1, -0.05) is 12.1 Å². The lowest BCUT2D eigenvalue weighted by Gasteiger charge is -2.29. The third-order valence-corrected chi connectivity index (χ3v) is 4.67. The number of carboxylic acid groups (broad SMARTS) is 1. The van der Waals surface area contributed by atoms with E-state index >= 15 is 0 Å². The summed E-state index contributed by atoms with van der Waals surface area (Å²) in [5, 5.41) is 12.6. The Bertz CT molecular complexity index is 714. The van der Waals surface area contributed by atoms with Crippen LogP contribution in [0.3, 0.4) is 0 Å². The van der Waals surface area contributed by atoms with Crippen molar-refractivity contribution >= 4 is 23.1 Å². The number of hydrogen-bond acceptors (Lipinski definition) is 6. The van der Waals surface area contributed by atoms with Crippen LogP contribution >= 0.6 is 11.3 Å². The predicted octanol–water partition coefficient (Wildman–Crippen LogP) is 2.80. The topological polar surface area (TPSA) is 98.9 Å². The number of benzene rings is 1. The van der Waals surface area contributed by atoms with Gasteiger partial charge in [-0.2, -0.15) is 11.3 Å². The molecule has 0 radical (unpaired) electrons. The molecule has 0 aliphatic carbocycles. The highest BCUT2D eigenvalue weighted by Crippen LogP contribution is 2.33. The molecule has 0 aliphatic heterocycles. The van der Waals surface area contributed by atoms with Gasteiger partial charge in [0.05, 0.1) is 12.1 Å². The van der Waals surface area contributed by atoms with Gasteiger partial charge in [-0.05, 0) is 40.1 Å². The first kappa shape index (κ1) is 20.1. The van der Waals surface area contributed by atoms with E-state index in [1.807, 2.05) is 29.0 Å². The lowest BCUT2D eigenvalue weighted by Crippen LogP contribution is -2.40. The quantitative estimate of drug-likeness (QED) is 0.461. The average Bonchev–Trinajstić information content (AvgIpc) is 3.13. The molecule has 6 nitrogen and oxygen atoms in total. The number of carbonyl (C=O) groups is 2. The summed E-state index contributed by atoms with van der Waals surface area (Å²) in [6, 6.07) is 9.10. The minimum Gasteiger partial charge on any atom is -0.494 e. The van der Waals surface area contributed by atoms with Crippen LogP contribution in [0.5, 0.6) is 5.75 Å². The van der Waals surface area contributed by atoms with E-state index in [-0.39, 0.29) is 6.42 Å². The fourth-order valence-electron chi connectivity index (χ4n) is 2.67. The SMILES string of the molecule is COCCCOc1ccc(C(N)(CC(=O)CC(=O)O)c2ccsc2)cc1. The first-order chi connectivity index (χ1) is 12.5. The van der Waals surface area contributed by atoms with Crippen LogP contribution in [0.2, 0.25) is 0 Å². The molecule has 1 aromatic carbocycles. The summed E-state index contributed by atoms with van der Waals surface area (Å²) in [5.41, 5.74) is 7.04. The first-order valence-electron chi connectivity index (χ1n) is 8.23. The van der Waals surface area contributed by atoms with Crippen LogP contribution in [0.1, 0.15) is 30.4 Å². The molecule has 1 atom stereocenters. The molecule has 0 fully saturated rings. The fourth-order valence-corrected chi connectivity index (χ4v) is 3.41. The fraction of sp³-hybridized carbons (Fsp3) is 0.368. The van der Waals surface area contributed by atoms with Gasteiger partial charge in [-0.15, -0.1) is 0 Å². The molecule has 1 heterocycles. The van der Waals surface area contributed by atoms with Crippen molar-refractivity contribution in [3.8, 4) is 5.75 Å². The summed E-state index contributed by atoms with van der Waals surface area (Å²) < 4.78 is 10.6. The van der Waals surface area contributed by atoms with Gasteiger partial charge in [0, 0.05) is 26.6 Å². The van der Waals surface area contributed by atoms with E-state index < -0.39 is 23.7 Å². The monoisotopic (exact) mass is 377 g/mol. The Balaban J connectivity index is 2.17. The standard InChI is InChI=1S/C19H23NO5S/c1-24-8-2-9-25-17-5-3-14(4-6-17)19(20,15-7-10-26-13-15)12-16(21)11-18(22)23/h3-7,10,13H,2,8-9,11-12,20H2,1H3,(H,22,23). The van der Waals surface area contributed by atoms with Gasteiger partial charge in [0.2, 0.25) is 0 Å². The molecule has 0 spiro atoms. The third kappa shape index (κ3) is 5.39. The molecule has 0 saturated carbocycles.